The lowest BCUT2D eigenvalue weighted by atomic mass is 9.45. The highest BCUT2D eigenvalue weighted by molar-refractivity contribution is 5.79. The Hall–Kier alpha value is -0.860. The maximum atomic E-state index is 11.9. The second-order valence-electron chi connectivity index (χ2n) is 9.24. The van der Waals surface area contributed by atoms with Crippen LogP contribution in [0.5, 0.6) is 0 Å². The quantitative estimate of drug-likeness (QED) is 0.719. The number of ether oxygens (including phenoxy) is 1. The molecule has 0 amide bonds. The third kappa shape index (κ3) is 2.14. The summed E-state index contributed by atoms with van der Waals surface area (Å²) in [5.41, 5.74) is 0.567. The predicted molar refractivity (Wildman–Crippen MR) is 87.7 cm³/mol. The zero-order valence-corrected chi connectivity index (χ0v) is 14.6. The van der Waals surface area contributed by atoms with E-state index in [1.54, 1.807) is 0 Å². The standard InChI is InChI=1S/C20H30O3/c1-19-9-7-14(22)11-13(19)3-4-15-16-5-6-18(23-12-21)20(16,2)10-8-17(15)19/h12-13,15-18H,3-11H2,1-2H3/t13-,15+,16-,17+,18+,19-,20+/m0/s1. The van der Waals surface area contributed by atoms with Gasteiger partial charge in [0.05, 0.1) is 0 Å². The van der Waals surface area contributed by atoms with Crippen LogP contribution < -0.4 is 0 Å². The molecule has 0 unspecified atom stereocenters. The first-order valence-corrected chi connectivity index (χ1v) is 9.60. The number of fused-ring (bicyclic) bond motifs is 5. The largest absolute Gasteiger partial charge is 0.464 e. The number of hydrogen-bond acceptors (Lipinski definition) is 3. The van der Waals surface area contributed by atoms with Crippen LogP contribution in [0.15, 0.2) is 0 Å². The monoisotopic (exact) mass is 318 g/mol. The smallest absolute Gasteiger partial charge is 0.293 e. The van der Waals surface area contributed by atoms with E-state index in [2.05, 4.69) is 13.8 Å². The Morgan fingerprint density at radius 1 is 1.00 bits per heavy atom. The molecule has 0 aromatic heterocycles. The van der Waals surface area contributed by atoms with Crippen molar-refractivity contribution in [3.63, 3.8) is 0 Å². The minimum absolute atomic E-state index is 0.129. The summed E-state index contributed by atoms with van der Waals surface area (Å²) < 4.78 is 5.48. The molecule has 3 nitrogen and oxygen atoms in total. The van der Waals surface area contributed by atoms with Crippen LogP contribution in [0.1, 0.15) is 71.6 Å². The maximum Gasteiger partial charge on any atom is 0.293 e. The van der Waals surface area contributed by atoms with Crippen molar-refractivity contribution in [1.82, 2.24) is 0 Å². The highest BCUT2D eigenvalue weighted by atomic mass is 16.5. The van der Waals surface area contributed by atoms with Gasteiger partial charge in [0.1, 0.15) is 11.9 Å². The van der Waals surface area contributed by atoms with Gasteiger partial charge >= 0.3 is 0 Å². The van der Waals surface area contributed by atoms with Crippen molar-refractivity contribution >= 4 is 12.3 Å². The summed E-state index contributed by atoms with van der Waals surface area (Å²) in [6.07, 6.45) is 10.1. The topological polar surface area (TPSA) is 43.4 Å². The minimum atomic E-state index is 0.129. The molecule has 0 aromatic rings. The molecule has 3 heteroatoms. The fraction of sp³-hybridized carbons (Fsp3) is 0.900. The third-order valence-electron chi connectivity index (χ3n) is 8.61. The maximum absolute atomic E-state index is 11.9. The molecule has 128 valence electrons. The van der Waals surface area contributed by atoms with Crippen LogP contribution in [0.2, 0.25) is 0 Å². The zero-order valence-electron chi connectivity index (χ0n) is 14.6. The third-order valence-corrected chi connectivity index (χ3v) is 8.61. The summed E-state index contributed by atoms with van der Waals surface area (Å²) in [7, 11) is 0. The van der Waals surface area contributed by atoms with E-state index in [-0.39, 0.29) is 11.5 Å². The lowest BCUT2D eigenvalue weighted by Gasteiger charge is -2.60. The summed E-state index contributed by atoms with van der Waals surface area (Å²) in [5.74, 6) is 3.39. The number of carbonyl (C=O) groups is 2. The molecular formula is C20H30O3. The van der Waals surface area contributed by atoms with Crippen LogP contribution in [0.4, 0.5) is 0 Å². The fourth-order valence-electron chi connectivity index (χ4n) is 7.29. The minimum Gasteiger partial charge on any atom is -0.464 e. The van der Waals surface area contributed by atoms with Crippen molar-refractivity contribution in [3.8, 4) is 0 Å². The van der Waals surface area contributed by atoms with Crippen molar-refractivity contribution < 1.29 is 14.3 Å². The first-order chi connectivity index (χ1) is 11.0. The fourth-order valence-corrected chi connectivity index (χ4v) is 7.29. The molecule has 4 saturated carbocycles. The molecule has 4 fully saturated rings. The number of ketones is 1. The molecule has 4 aliphatic rings. The van der Waals surface area contributed by atoms with E-state index in [9.17, 15) is 9.59 Å². The zero-order chi connectivity index (χ0) is 16.2. The molecule has 7 atom stereocenters. The molecule has 0 saturated heterocycles. The number of carbonyl (C=O) groups excluding carboxylic acids is 2. The van der Waals surface area contributed by atoms with Crippen LogP contribution in [0, 0.1) is 34.5 Å². The van der Waals surface area contributed by atoms with Gasteiger partial charge in [-0.15, -0.1) is 0 Å². The molecule has 4 rings (SSSR count). The van der Waals surface area contributed by atoms with Gasteiger partial charge in [0, 0.05) is 18.3 Å². The average molecular weight is 318 g/mol. The van der Waals surface area contributed by atoms with E-state index >= 15 is 0 Å². The molecular weight excluding hydrogens is 288 g/mol. The van der Waals surface area contributed by atoms with Crippen LogP contribution in [0.3, 0.4) is 0 Å². The molecule has 0 N–H and O–H groups in total. The van der Waals surface area contributed by atoms with Crippen molar-refractivity contribution in [1.29, 1.82) is 0 Å². The highest BCUT2D eigenvalue weighted by Crippen LogP contribution is 2.66. The van der Waals surface area contributed by atoms with E-state index in [4.69, 9.17) is 4.74 Å². The normalized spacial score (nSPS) is 52.3. The second kappa shape index (κ2) is 5.32. The molecule has 0 bridgehead atoms. The molecule has 0 heterocycles. The Bertz CT molecular complexity index is 515. The summed E-state index contributed by atoms with van der Waals surface area (Å²) in [5, 5.41) is 0. The van der Waals surface area contributed by atoms with Crippen LogP contribution in [-0.2, 0) is 14.3 Å². The van der Waals surface area contributed by atoms with Crippen LogP contribution in [-0.4, -0.2) is 18.4 Å². The summed E-state index contributed by atoms with van der Waals surface area (Å²) in [6.45, 7) is 5.52. The number of Topliss-reactive ketones (excluding diaryl/α,β-unsaturated/α-hetero) is 1. The Labute approximate surface area is 139 Å². The van der Waals surface area contributed by atoms with Gasteiger partial charge in [-0.2, -0.15) is 0 Å². The van der Waals surface area contributed by atoms with Gasteiger partial charge in [0.2, 0.25) is 0 Å². The van der Waals surface area contributed by atoms with Gasteiger partial charge < -0.3 is 4.74 Å². The van der Waals surface area contributed by atoms with Crippen LogP contribution in [0.25, 0.3) is 0 Å². The molecule has 0 spiro atoms. The van der Waals surface area contributed by atoms with E-state index < -0.39 is 0 Å². The predicted octanol–water partition coefficient (Wildman–Crippen LogP) is 4.14. The summed E-state index contributed by atoms with van der Waals surface area (Å²) in [4.78, 5) is 22.8. The summed E-state index contributed by atoms with van der Waals surface area (Å²) in [6, 6.07) is 0. The SMILES string of the molecule is C[C@]12CCC(=O)C[C@@H]1CC[C@H]1[C@H]2CC[C@@]2(C)[C@H](OC=O)CC[C@@H]12. The molecule has 4 aliphatic carbocycles. The van der Waals surface area contributed by atoms with Gasteiger partial charge in [-0.05, 0) is 74.0 Å². The summed E-state index contributed by atoms with van der Waals surface area (Å²) >= 11 is 0. The Morgan fingerprint density at radius 2 is 1.78 bits per heavy atom. The van der Waals surface area contributed by atoms with Gasteiger partial charge in [-0.1, -0.05) is 13.8 Å². The number of hydrogen-bond donors (Lipinski definition) is 0. The van der Waals surface area contributed by atoms with E-state index in [0.717, 1.165) is 37.5 Å². The Kier molecular flexibility index (Phi) is 3.62. The van der Waals surface area contributed by atoms with Gasteiger partial charge in [-0.25, -0.2) is 0 Å². The second-order valence-corrected chi connectivity index (χ2v) is 9.24. The number of rotatable bonds is 2. The first kappa shape index (κ1) is 15.7. The van der Waals surface area contributed by atoms with Gasteiger partial charge in [-0.3, -0.25) is 9.59 Å². The molecule has 0 aliphatic heterocycles. The van der Waals surface area contributed by atoms with Crippen molar-refractivity contribution in [2.75, 3.05) is 0 Å². The molecule has 0 aromatic carbocycles. The molecule has 23 heavy (non-hydrogen) atoms. The first-order valence-electron chi connectivity index (χ1n) is 9.60. The highest BCUT2D eigenvalue weighted by Gasteiger charge is 2.60. The van der Waals surface area contributed by atoms with Crippen molar-refractivity contribution in [3.05, 3.63) is 0 Å². The Morgan fingerprint density at radius 3 is 2.57 bits per heavy atom. The van der Waals surface area contributed by atoms with Crippen molar-refractivity contribution in [2.24, 2.45) is 34.5 Å². The lowest BCUT2D eigenvalue weighted by molar-refractivity contribution is -0.153. The van der Waals surface area contributed by atoms with Crippen molar-refractivity contribution in [2.45, 2.75) is 77.7 Å². The lowest BCUT2D eigenvalue weighted by Crippen LogP contribution is -2.54. The van der Waals surface area contributed by atoms with E-state index in [1.807, 2.05) is 0 Å². The average Bonchev–Trinajstić information content (AvgIpc) is 2.85. The van der Waals surface area contributed by atoms with E-state index in [1.165, 1.54) is 32.1 Å². The molecule has 0 radical (unpaired) electrons. The van der Waals surface area contributed by atoms with E-state index in [0.29, 0.717) is 29.5 Å². The van der Waals surface area contributed by atoms with Crippen LogP contribution >= 0.6 is 0 Å². The van der Waals surface area contributed by atoms with Gasteiger partial charge in [0.25, 0.3) is 6.47 Å². The van der Waals surface area contributed by atoms with Gasteiger partial charge in [0.15, 0.2) is 0 Å². The Balaban J connectivity index is 1.60.